The number of halogens is 4. The third-order valence-electron chi connectivity index (χ3n) is 10.0. The zero-order valence-electron chi connectivity index (χ0n) is 21.8. The molecule has 3 saturated carbocycles. The van der Waals surface area contributed by atoms with Crippen molar-refractivity contribution in [3.63, 3.8) is 0 Å². The number of rotatable bonds is 7. The number of aliphatic hydroxyl groups is 1. The van der Waals surface area contributed by atoms with E-state index in [0.717, 1.165) is 25.0 Å². The molecule has 4 rings (SSSR count). The molecule has 206 valence electrons. The van der Waals surface area contributed by atoms with Gasteiger partial charge in [0, 0.05) is 34.7 Å². The number of hydrogen-bond acceptors (Lipinski definition) is 5. The van der Waals surface area contributed by atoms with E-state index in [9.17, 15) is 28.3 Å². The highest BCUT2D eigenvalue weighted by Gasteiger charge is 2.78. The normalized spacial score (nSPS) is 44.8. The number of ketones is 2. The fourth-order valence-corrected chi connectivity index (χ4v) is 8.33. The highest BCUT2D eigenvalue weighted by molar-refractivity contribution is 6.04. The third-order valence-corrected chi connectivity index (χ3v) is 10.0. The number of aliphatic hydroxyl groups excluding tert-OH is 1. The van der Waals surface area contributed by atoms with Crippen molar-refractivity contribution in [2.45, 2.75) is 96.2 Å². The summed E-state index contributed by atoms with van der Waals surface area (Å²) in [4.78, 5) is 38.1. The third kappa shape index (κ3) is 3.54. The number of Topliss-reactive ketones (excluding diaryl/α,β-unsaturated/α-hetero) is 1. The maximum atomic E-state index is 17.3. The predicted molar refractivity (Wildman–Crippen MR) is 127 cm³/mol. The van der Waals surface area contributed by atoms with Crippen LogP contribution in [0.2, 0.25) is 0 Å². The molecule has 37 heavy (non-hydrogen) atoms. The maximum absolute atomic E-state index is 17.3. The largest absolute Gasteiger partial charge is 0.450 e. The number of fused-ring (bicyclic) bond motifs is 5. The second-order valence-corrected chi connectivity index (χ2v) is 11.8. The van der Waals surface area contributed by atoms with E-state index in [2.05, 4.69) is 0 Å². The number of unbranched alkanes of at least 4 members (excludes halogenated alkanes) is 2. The number of esters is 1. The van der Waals surface area contributed by atoms with Crippen molar-refractivity contribution >= 4 is 17.5 Å². The number of alkyl halides is 3. The molecule has 0 aromatic heterocycles. The summed E-state index contributed by atoms with van der Waals surface area (Å²) in [5.74, 6) is -6.73. The molecule has 4 aliphatic carbocycles. The van der Waals surface area contributed by atoms with Crippen molar-refractivity contribution in [1.29, 1.82) is 0 Å². The standard InChI is InChI=1S/C28H36F4O5/c1-5-6-7-8-22(36)37-28(21(35)14-29)15(2)11-16-17-12-18(30)23-24(31)19(33)9-10-25(23,3)27(17,32)20(34)13-26(16,28)4/h9-10,15-18,20,34H,5-8,11-14H2,1-4H3/t15-,16-,17-,18-,20-,25-,26-,27-,28+/m0/s1. The van der Waals surface area contributed by atoms with E-state index >= 15 is 8.78 Å². The van der Waals surface area contributed by atoms with E-state index in [-0.39, 0.29) is 19.3 Å². The Bertz CT molecular complexity index is 1060. The summed E-state index contributed by atoms with van der Waals surface area (Å²) in [7, 11) is 0. The molecule has 0 saturated heterocycles. The van der Waals surface area contributed by atoms with E-state index < -0.39 is 94.2 Å². The van der Waals surface area contributed by atoms with Gasteiger partial charge in [0.2, 0.25) is 11.6 Å². The van der Waals surface area contributed by atoms with E-state index in [0.29, 0.717) is 6.42 Å². The average molecular weight is 529 g/mol. The number of carbonyl (C=O) groups excluding carboxylic acids is 3. The quantitative estimate of drug-likeness (QED) is 0.277. The summed E-state index contributed by atoms with van der Waals surface area (Å²) >= 11 is 0. The summed E-state index contributed by atoms with van der Waals surface area (Å²) in [6.07, 6.45) is -0.448. The fourth-order valence-electron chi connectivity index (χ4n) is 8.33. The molecule has 5 nitrogen and oxygen atoms in total. The van der Waals surface area contributed by atoms with Gasteiger partial charge in [-0.2, -0.15) is 0 Å². The Morgan fingerprint density at radius 3 is 2.49 bits per heavy atom. The van der Waals surface area contributed by atoms with Gasteiger partial charge in [0.25, 0.3) is 0 Å². The molecular formula is C28H36F4O5. The summed E-state index contributed by atoms with van der Waals surface area (Å²) in [6.45, 7) is 5.04. The molecule has 0 amide bonds. The molecule has 0 radical (unpaired) electrons. The van der Waals surface area contributed by atoms with Gasteiger partial charge in [-0.05, 0) is 44.6 Å². The Morgan fingerprint density at radius 2 is 1.86 bits per heavy atom. The predicted octanol–water partition coefficient (Wildman–Crippen LogP) is 5.25. The minimum absolute atomic E-state index is 0.0263. The second kappa shape index (κ2) is 9.31. The minimum Gasteiger partial charge on any atom is -0.450 e. The Balaban J connectivity index is 1.81. The zero-order chi connectivity index (χ0) is 27.6. The van der Waals surface area contributed by atoms with Gasteiger partial charge in [0.05, 0.1) is 6.10 Å². The van der Waals surface area contributed by atoms with Crippen molar-refractivity contribution in [2.24, 2.45) is 28.6 Å². The molecule has 0 aromatic carbocycles. The smallest absolute Gasteiger partial charge is 0.306 e. The van der Waals surface area contributed by atoms with Crippen LogP contribution in [0.15, 0.2) is 23.6 Å². The lowest BCUT2D eigenvalue weighted by molar-refractivity contribution is -0.231. The number of ether oxygens (including phenoxy) is 1. The van der Waals surface area contributed by atoms with E-state index in [1.165, 1.54) is 6.92 Å². The lowest BCUT2D eigenvalue weighted by Gasteiger charge is -2.63. The summed E-state index contributed by atoms with van der Waals surface area (Å²) in [5.41, 5.74) is -8.46. The van der Waals surface area contributed by atoms with Gasteiger partial charge in [-0.25, -0.2) is 17.6 Å². The van der Waals surface area contributed by atoms with Crippen LogP contribution in [0.3, 0.4) is 0 Å². The Morgan fingerprint density at radius 1 is 1.19 bits per heavy atom. The van der Waals surface area contributed by atoms with E-state index in [4.69, 9.17) is 4.74 Å². The van der Waals surface area contributed by atoms with Gasteiger partial charge in [-0.15, -0.1) is 0 Å². The van der Waals surface area contributed by atoms with Crippen LogP contribution in [0.4, 0.5) is 17.6 Å². The summed E-state index contributed by atoms with van der Waals surface area (Å²) < 4.78 is 67.6. The molecule has 0 heterocycles. The Labute approximate surface area is 214 Å². The monoisotopic (exact) mass is 528 g/mol. The van der Waals surface area contributed by atoms with Crippen LogP contribution in [0.25, 0.3) is 0 Å². The first-order valence-corrected chi connectivity index (χ1v) is 13.2. The molecule has 0 spiro atoms. The lowest BCUT2D eigenvalue weighted by atomic mass is 9.44. The summed E-state index contributed by atoms with van der Waals surface area (Å²) in [5, 5.41) is 11.4. The second-order valence-electron chi connectivity index (χ2n) is 11.8. The molecule has 4 aliphatic rings. The van der Waals surface area contributed by atoms with E-state index in [1.54, 1.807) is 13.8 Å². The summed E-state index contributed by atoms with van der Waals surface area (Å²) in [6, 6.07) is 0. The molecule has 0 aliphatic heterocycles. The molecule has 0 unspecified atom stereocenters. The lowest BCUT2D eigenvalue weighted by Crippen LogP contribution is -2.71. The van der Waals surface area contributed by atoms with E-state index in [1.807, 2.05) is 6.92 Å². The Kier molecular flexibility index (Phi) is 7.04. The van der Waals surface area contributed by atoms with Crippen LogP contribution in [0.5, 0.6) is 0 Å². The average Bonchev–Trinajstić information content (AvgIpc) is 3.05. The van der Waals surface area contributed by atoms with Crippen LogP contribution in [0, 0.1) is 28.6 Å². The molecule has 0 bridgehead atoms. The highest BCUT2D eigenvalue weighted by Crippen LogP contribution is 2.72. The SMILES string of the molecule is CCCCCC(=O)O[C@@]1(C(=O)CF)[C@@H](C)C[C@H]2[C@@H]3C[C@H](F)C4=C(F)C(=O)C=C[C@]4(C)[C@@]3(F)[C@@H](O)C[C@@]21C. The van der Waals surface area contributed by atoms with Crippen molar-refractivity contribution in [1.82, 2.24) is 0 Å². The number of allylic oxidation sites excluding steroid dienone is 4. The number of hydrogen-bond donors (Lipinski definition) is 1. The molecule has 1 N–H and O–H groups in total. The van der Waals surface area contributed by atoms with Gasteiger partial charge >= 0.3 is 5.97 Å². The van der Waals surface area contributed by atoms with Crippen molar-refractivity contribution in [3.8, 4) is 0 Å². The van der Waals surface area contributed by atoms with Crippen molar-refractivity contribution in [3.05, 3.63) is 23.6 Å². The van der Waals surface area contributed by atoms with Gasteiger partial charge in [-0.3, -0.25) is 14.4 Å². The molecule has 3 fully saturated rings. The van der Waals surface area contributed by atoms with Gasteiger partial charge in [0.1, 0.15) is 6.17 Å². The minimum atomic E-state index is -2.57. The van der Waals surface area contributed by atoms with Gasteiger partial charge < -0.3 is 9.84 Å². The molecule has 9 atom stereocenters. The molecule has 9 heteroatoms. The molecule has 0 aromatic rings. The van der Waals surface area contributed by atoms with Crippen LogP contribution < -0.4 is 0 Å². The van der Waals surface area contributed by atoms with Crippen LogP contribution in [0.1, 0.15) is 72.6 Å². The van der Waals surface area contributed by atoms with Crippen molar-refractivity contribution < 1.29 is 41.8 Å². The number of carbonyl (C=O) groups is 3. The van der Waals surface area contributed by atoms with Crippen LogP contribution in [-0.2, 0) is 19.1 Å². The van der Waals surface area contributed by atoms with Gasteiger partial charge in [-0.1, -0.05) is 39.7 Å². The van der Waals surface area contributed by atoms with Gasteiger partial charge in [0.15, 0.2) is 23.8 Å². The highest BCUT2D eigenvalue weighted by atomic mass is 19.2. The van der Waals surface area contributed by atoms with Crippen LogP contribution in [-0.4, -0.2) is 52.9 Å². The van der Waals surface area contributed by atoms with Crippen molar-refractivity contribution in [2.75, 3.05) is 6.67 Å². The van der Waals surface area contributed by atoms with Crippen LogP contribution >= 0.6 is 0 Å². The molecular weight excluding hydrogens is 492 g/mol. The zero-order valence-corrected chi connectivity index (χ0v) is 21.8. The maximum Gasteiger partial charge on any atom is 0.306 e. The Hall–Kier alpha value is -2.03. The first-order valence-electron chi connectivity index (χ1n) is 13.2. The first kappa shape index (κ1) is 28.0. The fraction of sp³-hybridized carbons (Fsp3) is 0.750. The topological polar surface area (TPSA) is 80.7 Å². The first-order chi connectivity index (χ1) is 17.3.